The molecule has 30 heavy (non-hydrogen) atoms. The lowest BCUT2D eigenvalue weighted by molar-refractivity contribution is 0.214. The zero-order valence-electron chi connectivity index (χ0n) is 17.1. The first-order valence-corrected chi connectivity index (χ1v) is 12.0. The summed E-state index contributed by atoms with van der Waals surface area (Å²) >= 11 is 0. The van der Waals surface area contributed by atoms with Crippen molar-refractivity contribution in [1.82, 2.24) is 14.3 Å². The van der Waals surface area contributed by atoms with E-state index in [0.717, 1.165) is 39.8 Å². The van der Waals surface area contributed by atoms with Crippen LogP contribution < -0.4 is 4.90 Å². The number of nitrogens with zero attached hydrogens (tertiary/aromatic N) is 3. The fourth-order valence-electron chi connectivity index (χ4n) is 4.40. The normalized spacial score (nSPS) is 20.8. The van der Waals surface area contributed by atoms with Crippen LogP contribution in [0.15, 0.2) is 30.6 Å². The predicted molar refractivity (Wildman–Crippen MR) is 112 cm³/mol. The summed E-state index contributed by atoms with van der Waals surface area (Å²) in [5.74, 6) is -2.77. The third-order valence-electron chi connectivity index (χ3n) is 6.48. The molecule has 1 aromatic carbocycles. The van der Waals surface area contributed by atoms with Gasteiger partial charge in [-0.2, -0.15) is 13.1 Å². The zero-order valence-corrected chi connectivity index (χ0v) is 17.9. The van der Waals surface area contributed by atoms with Gasteiger partial charge in [-0.3, -0.25) is 0 Å². The molecule has 0 unspecified atom stereocenters. The number of rotatable bonds is 7. The first kappa shape index (κ1) is 21.2. The standard InChI is InChI=1S/C21H28F2N4O2S/c1-15-19(25-14-24-15)13-27-18(10-9-16-5-4-6-16)12-26(30(28,29)21(22)23)11-17-7-2-3-8-20(17)27/h2-3,7-8,14,16,18,21H,4-6,9-13H2,1H3,(H,24,25)/t18-/m1/s1. The molecule has 4 rings (SSSR count). The molecule has 2 aliphatic rings. The topological polar surface area (TPSA) is 69.3 Å². The van der Waals surface area contributed by atoms with Crippen molar-refractivity contribution < 1.29 is 17.2 Å². The number of imidazole rings is 1. The van der Waals surface area contributed by atoms with Crippen LogP contribution in [0.2, 0.25) is 0 Å². The Morgan fingerprint density at radius 2 is 2.00 bits per heavy atom. The molecule has 0 amide bonds. The lowest BCUT2D eigenvalue weighted by atomic mass is 9.81. The zero-order chi connectivity index (χ0) is 21.3. The fourth-order valence-corrected chi connectivity index (χ4v) is 5.32. The second kappa shape index (κ2) is 8.63. The van der Waals surface area contributed by atoms with Gasteiger partial charge in [0.2, 0.25) is 0 Å². The maximum absolute atomic E-state index is 13.4. The first-order chi connectivity index (χ1) is 14.4. The summed E-state index contributed by atoms with van der Waals surface area (Å²) in [5.41, 5.74) is 3.46. The second-order valence-electron chi connectivity index (χ2n) is 8.36. The minimum absolute atomic E-state index is 0.0428. The Morgan fingerprint density at radius 3 is 2.63 bits per heavy atom. The van der Waals surface area contributed by atoms with Crippen LogP contribution in [0.25, 0.3) is 0 Å². The Hall–Kier alpha value is -2.00. The van der Waals surface area contributed by atoms with Crippen LogP contribution in [0, 0.1) is 12.8 Å². The van der Waals surface area contributed by atoms with Gasteiger partial charge >= 0.3 is 5.76 Å². The lowest BCUT2D eigenvalue weighted by Gasteiger charge is -2.36. The molecule has 1 atom stereocenters. The van der Waals surface area contributed by atoms with Gasteiger partial charge in [0.25, 0.3) is 10.0 Å². The number of aromatic amines is 1. The average Bonchev–Trinajstić information content (AvgIpc) is 3.00. The molecule has 6 nitrogen and oxygen atoms in total. The summed E-state index contributed by atoms with van der Waals surface area (Å²) in [6, 6.07) is 7.30. The Morgan fingerprint density at radius 1 is 1.23 bits per heavy atom. The number of anilines is 1. The summed E-state index contributed by atoms with van der Waals surface area (Å²) in [6.45, 7) is 2.46. The van der Waals surface area contributed by atoms with Crippen molar-refractivity contribution >= 4 is 15.7 Å². The molecule has 1 aliphatic carbocycles. The molecule has 1 saturated carbocycles. The molecule has 2 aromatic rings. The van der Waals surface area contributed by atoms with Crippen molar-refractivity contribution in [3.63, 3.8) is 0 Å². The molecule has 164 valence electrons. The van der Waals surface area contributed by atoms with Crippen molar-refractivity contribution in [3.05, 3.63) is 47.5 Å². The van der Waals surface area contributed by atoms with Crippen molar-refractivity contribution in [3.8, 4) is 0 Å². The SMILES string of the molecule is Cc1[nH]cnc1CN1c2ccccc2CN(S(=O)(=O)C(F)F)C[C@H]1CCC1CCC1. The van der Waals surface area contributed by atoms with E-state index in [0.29, 0.717) is 12.5 Å². The van der Waals surface area contributed by atoms with E-state index in [-0.39, 0.29) is 19.1 Å². The van der Waals surface area contributed by atoms with E-state index < -0.39 is 15.8 Å². The minimum atomic E-state index is -4.67. The van der Waals surface area contributed by atoms with E-state index in [9.17, 15) is 17.2 Å². The molecule has 0 spiro atoms. The van der Waals surface area contributed by atoms with Crippen LogP contribution in [-0.4, -0.2) is 41.0 Å². The molecule has 1 aromatic heterocycles. The number of aryl methyl sites for hydroxylation is 1. The molecule has 9 heteroatoms. The van der Waals surface area contributed by atoms with Crippen LogP contribution in [-0.2, 0) is 23.1 Å². The second-order valence-corrected chi connectivity index (χ2v) is 10.3. The number of H-pyrrole nitrogens is 1. The smallest absolute Gasteiger partial charge is 0.350 e. The number of hydrogen-bond acceptors (Lipinski definition) is 4. The van der Waals surface area contributed by atoms with Gasteiger partial charge in [-0.15, -0.1) is 0 Å². The number of halogens is 2. The molecule has 1 aliphatic heterocycles. The van der Waals surface area contributed by atoms with Crippen LogP contribution >= 0.6 is 0 Å². The number of hydrogen-bond donors (Lipinski definition) is 1. The van der Waals surface area contributed by atoms with E-state index in [2.05, 4.69) is 14.9 Å². The molecule has 1 N–H and O–H groups in total. The number of sulfonamides is 1. The third kappa shape index (κ3) is 4.23. The predicted octanol–water partition coefficient (Wildman–Crippen LogP) is 4.04. The molecular formula is C21H28F2N4O2S. The van der Waals surface area contributed by atoms with Crippen molar-refractivity contribution in [1.29, 1.82) is 0 Å². The van der Waals surface area contributed by atoms with Gasteiger partial charge in [0.05, 0.1) is 18.6 Å². The third-order valence-corrected chi connectivity index (χ3v) is 7.92. The maximum atomic E-state index is 13.4. The van der Waals surface area contributed by atoms with E-state index in [4.69, 9.17) is 0 Å². The largest absolute Gasteiger partial charge is 0.361 e. The Kier molecular flexibility index (Phi) is 6.11. The Labute approximate surface area is 176 Å². The van der Waals surface area contributed by atoms with Crippen molar-refractivity contribution in [2.24, 2.45) is 5.92 Å². The van der Waals surface area contributed by atoms with Crippen LogP contribution in [0.4, 0.5) is 14.5 Å². The Bertz CT molecular complexity index is 975. The Balaban J connectivity index is 1.71. The maximum Gasteiger partial charge on any atom is 0.350 e. The molecule has 1 fully saturated rings. The van der Waals surface area contributed by atoms with Gasteiger partial charge in [-0.1, -0.05) is 37.5 Å². The van der Waals surface area contributed by atoms with E-state index in [1.807, 2.05) is 31.2 Å². The van der Waals surface area contributed by atoms with Gasteiger partial charge in [0.1, 0.15) is 0 Å². The van der Waals surface area contributed by atoms with Crippen molar-refractivity contribution in [2.75, 3.05) is 11.4 Å². The van der Waals surface area contributed by atoms with Gasteiger partial charge in [0, 0.05) is 30.5 Å². The number of para-hydroxylation sites is 1. The monoisotopic (exact) mass is 438 g/mol. The molecule has 0 bridgehead atoms. The van der Waals surface area contributed by atoms with Crippen molar-refractivity contribution in [2.45, 2.75) is 63.9 Å². The van der Waals surface area contributed by atoms with Crippen LogP contribution in [0.1, 0.15) is 49.1 Å². The highest BCUT2D eigenvalue weighted by atomic mass is 32.2. The quantitative estimate of drug-likeness (QED) is 0.708. The minimum Gasteiger partial charge on any atom is -0.361 e. The van der Waals surface area contributed by atoms with Crippen LogP contribution in [0.5, 0.6) is 0 Å². The summed E-state index contributed by atoms with van der Waals surface area (Å²) < 4.78 is 52.6. The van der Waals surface area contributed by atoms with E-state index in [1.165, 1.54) is 19.3 Å². The number of benzene rings is 1. The average molecular weight is 439 g/mol. The van der Waals surface area contributed by atoms with Gasteiger partial charge in [-0.25, -0.2) is 13.4 Å². The highest BCUT2D eigenvalue weighted by Crippen LogP contribution is 2.36. The summed E-state index contributed by atoms with van der Waals surface area (Å²) in [6.07, 6.45) is 7.01. The van der Waals surface area contributed by atoms with Gasteiger partial charge in [0.15, 0.2) is 0 Å². The van der Waals surface area contributed by atoms with E-state index >= 15 is 0 Å². The van der Waals surface area contributed by atoms with E-state index in [1.54, 1.807) is 6.33 Å². The fraction of sp³-hybridized carbons (Fsp3) is 0.571. The first-order valence-electron chi connectivity index (χ1n) is 10.5. The molecule has 2 heterocycles. The number of aromatic nitrogens is 2. The molecule has 0 saturated heterocycles. The molecule has 0 radical (unpaired) electrons. The number of nitrogens with one attached hydrogen (secondary N) is 1. The highest BCUT2D eigenvalue weighted by Gasteiger charge is 2.38. The van der Waals surface area contributed by atoms with Gasteiger partial charge < -0.3 is 9.88 Å². The summed E-state index contributed by atoms with van der Waals surface area (Å²) in [7, 11) is -4.67. The summed E-state index contributed by atoms with van der Waals surface area (Å²) in [4.78, 5) is 9.67. The highest BCUT2D eigenvalue weighted by molar-refractivity contribution is 7.89. The lowest BCUT2D eigenvalue weighted by Crippen LogP contribution is -2.45. The van der Waals surface area contributed by atoms with Gasteiger partial charge in [-0.05, 0) is 37.3 Å². The number of fused-ring (bicyclic) bond motifs is 1. The summed E-state index contributed by atoms with van der Waals surface area (Å²) in [5, 5.41) is 0. The molecular weight excluding hydrogens is 410 g/mol. The van der Waals surface area contributed by atoms with Crippen LogP contribution in [0.3, 0.4) is 0 Å². The number of alkyl halides is 2.